The van der Waals surface area contributed by atoms with Crippen LogP contribution in [0.1, 0.15) is 11.3 Å². The molecule has 0 saturated carbocycles. The summed E-state index contributed by atoms with van der Waals surface area (Å²) >= 11 is 2.54. The van der Waals surface area contributed by atoms with E-state index in [9.17, 15) is 0 Å². The number of nitrogen functional groups attached to an aromatic ring is 1. The summed E-state index contributed by atoms with van der Waals surface area (Å²) < 4.78 is 9.10. The van der Waals surface area contributed by atoms with Gasteiger partial charge in [0.2, 0.25) is 0 Å². The molecule has 2 radical (unpaired) electrons. The van der Waals surface area contributed by atoms with Gasteiger partial charge >= 0.3 is 188 Å². The van der Waals surface area contributed by atoms with E-state index in [0.717, 1.165) is 55.2 Å². The number of pyridine rings is 1. The second-order valence-corrected chi connectivity index (χ2v) is 8.49. The first-order valence-electron chi connectivity index (χ1n) is 10.1. The van der Waals surface area contributed by atoms with Crippen molar-refractivity contribution in [3.8, 4) is 28.4 Å². The van der Waals surface area contributed by atoms with E-state index in [-0.39, 0.29) is 0 Å². The first-order chi connectivity index (χ1) is 15.5. The number of aryl methyl sites for hydroxylation is 2. The molecule has 0 aliphatic heterocycles. The summed E-state index contributed by atoms with van der Waals surface area (Å²) in [6.45, 7) is 3.99. The van der Waals surface area contributed by atoms with Crippen LogP contribution >= 0.6 is 0 Å². The first kappa shape index (κ1) is 20.3. The Morgan fingerprint density at radius 1 is 0.906 bits per heavy atom. The van der Waals surface area contributed by atoms with Crippen LogP contribution in [0.4, 0.5) is 5.69 Å². The SMILES string of the molecule is Cc1ccc(Oc2ccc(-n3c(-c4ccc(N)cc4)cc4ncnc([As])c43)cc2C)cn1. The van der Waals surface area contributed by atoms with Crippen molar-refractivity contribution >= 4 is 38.1 Å². The normalized spacial score (nSPS) is 11.1. The molecule has 3 aromatic heterocycles. The van der Waals surface area contributed by atoms with E-state index >= 15 is 0 Å². The Morgan fingerprint density at radius 2 is 1.72 bits per heavy atom. The van der Waals surface area contributed by atoms with Crippen molar-refractivity contribution in [2.45, 2.75) is 13.8 Å². The number of hydrogen-bond acceptors (Lipinski definition) is 5. The first-order valence-corrected chi connectivity index (χ1v) is 11.1. The van der Waals surface area contributed by atoms with Crippen LogP contribution in [0.15, 0.2) is 73.2 Å². The molecule has 0 aliphatic carbocycles. The minimum absolute atomic E-state index is 0.710. The predicted molar refractivity (Wildman–Crippen MR) is 128 cm³/mol. The van der Waals surface area contributed by atoms with E-state index in [0.29, 0.717) is 5.75 Å². The molecule has 3 heterocycles. The molecule has 0 bridgehead atoms. The summed E-state index contributed by atoms with van der Waals surface area (Å²) in [5.41, 5.74) is 13.5. The molecule has 0 atom stereocenters. The number of aromatic nitrogens is 4. The van der Waals surface area contributed by atoms with Crippen LogP contribution in [0.3, 0.4) is 0 Å². The van der Waals surface area contributed by atoms with E-state index < -0.39 is 0 Å². The molecule has 2 N–H and O–H groups in total. The van der Waals surface area contributed by atoms with Crippen molar-refractivity contribution in [1.29, 1.82) is 0 Å². The second-order valence-electron chi connectivity index (χ2n) is 7.61. The van der Waals surface area contributed by atoms with Crippen LogP contribution in [0.2, 0.25) is 0 Å². The molecule has 7 heteroatoms. The van der Waals surface area contributed by atoms with Crippen LogP contribution in [0.5, 0.6) is 11.5 Å². The fourth-order valence-electron chi connectivity index (χ4n) is 3.68. The summed E-state index contributed by atoms with van der Waals surface area (Å²) in [5, 5.41) is 0. The molecule has 0 fully saturated rings. The third-order valence-electron chi connectivity index (χ3n) is 5.30. The number of fused-ring (bicyclic) bond motifs is 1. The van der Waals surface area contributed by atoms with E-state index in [2.05, 4.69) is 48.5 Å². The zero-order valence-electron chi connectivity index (χ0n) is 17.6. The monoisotopic (exact) mass is 481 g/mol. The van der Waals surface area contributed by atoms with Gasteiger partial charge in [-0.3, -0.25) is 0 Å². The Hall–Kier alpha value is -3.63. The molecule has 0 aliphatic rings. The van der Waals surface area contributed by atoms with Gasteiger partial charge in [0.05, 0.1) is 0 Å². The average Bonchev–Trinajstić information content (AvgIpc) is 3.18. The Labute approximate surface area is 194 Å². The van der Waals surface area contributed by atoms with Crippen molar-refractivity contribution in [3.05, 3.63) is 84.4 Å². The molecule has 6 nitrogen and oxygen atoms in total. The predicted octanol–water partition coefficient (Wildman–Crippen LogP) is 4.27. The van der Waals surface area contributed by atoms with E-state index in [1.54, 1.807) is 12.5 Å². The Bertz CT molecular complexity index is 1430. The maximum atomic E-state index is 6.06. The summed E-state index contributed by atoms with van der Waals surface area (Å²) in [5.74, 6) is 1.50. The van der Waals surface area contributed by atoms with Gasteiger partial charge in [0.25, 0.3) is 0 Å². The summed E-state index contributed by atoms with van der Waals surface area (Å²) in [7, 11) is 0. The summed E-state index contributed by atoms with van der Waals surface area (Å²) in [6, 6.07) is 19.9. The van der Waals surface area contributed by atoms with Gasteiger partial charge in [-0.25, -0.2) is 0 Å². The van der Waals surface area contributed by atoms with Crippen molar-refractivity contribution in [3.63, 3.8) is 0 Å². The van der Waals surface area contributed by atoms with Crippen molar-refractivity contribution in [2.24, 2.45) is 0 Å². The van der Waals surface area contributed by atoms with Crippen LogP contribution in [0.25, 0.3) is 28.0 Å². The third kappa shape index (κ3) is 3.74. The minimum atomic E-state index is 0.710. The maximum absolute atomic E-state index is 6.06. The number of nitrogens with zero attached hydrogens (tertiary/aromatic N) is 4. The van der Waals surface area contributed by atoms with Crippen molar-refractivity contribution < 1.29 is 4.74 Å². The molecule has 0 spiro atoms. The van der Waals surface area contributed by atoms with Gasteiger partial charge in [0.1, 0.15) is 0 Å². The zero-order valence-corrected chi connectivity index (χ0v) is 19.5. The van der Waals surface area contributed by atoms with Gasteiger partial charge in [0, 0.05) is 0 Å². The standard InChI is InChI=1S/C25H20AsN5O/c1-15-11-19(8-10-23(15)32-20-9-3-16(2)28-13-20)31-22(17-4-6-18(27)7-5-17)12-21-24(31)25(26)30-14-29-21/h3-14H,27H2,1-2H3. The molecular weight excluding hydrogens is 461 g/mol. The molecule has 0 saturated heterocycles. The topological polar surface area (TPSA) is 78.9 Å². The van der Waals surface area contributed by atoms with Gasteiger partial charge in [-0.2, -0.15) is 0 Å². The number of ether oxygens (including phenoxy) is 1. The number of hydrogen-bond donors (Lipinski definition) is 1. The molecule has 0 amide bonds. The molecular formula is C25H20AsN5O. The van der Waals surface area contributed by atoms with E-state index in [4.69, 9.17) is 10.5 Å². The quantitative estimate of drug-likeness (QED) is 0.307. The third-order valence-corrected chi connectivity index (χ3v) is 5.99. The van der Waals surface area contributed by atoms with Crippen LogP contribution in [0, 0.1) is 13.8 Å². The zero-order chi connectivity index (χ0) is 22.2. The van der Waals surface area contributed by atoms with Gasteiger partial charge in [-0.1, -0.05) is 0 Å². The van der Waals surface area contributed by atoms with E-state index in [1.165, 1.54) is 0 Å². The fraction of sp³-hybridized carbons (Fsp3) is 0.0800. The Morgan fingerprint density at radius 3 is 2.44 bits per heavy atom. The number of benzene rings is 2. The van der Waals surface area contributed by atoms with Gasteiger partial charge in [0.15, 0.2) is 0 Å². The molecule has 156 valence electrons. The fourth-order valence-corrected chi connectivity index (χ4v) is 4.24. The van der Waals surface area contributed by atoms with Crippen LogP contribution in [-0.2, 0) is 0 Å². The number of nitrogens with two attached hydrogens (primary N) is 1. The van der Waals surface area contributed by atoms with Crippen LogP contribution < -0.4 is 15.0 Å². The Balaban J connectivity index is 1.63. The number of anilines is 1. The Kier molecular flexibility index (Phi) is 5.16. The van der Waals surface area contributed by atoms with Gasteiger partial charge in [-0.15, -0.1) is 0 Å². The van der Waals surface area contributed by atoms with Crippen molar-refractivity contribution in [2.75, 3.05) is 5.73 Å². The molecule has 5 rings (SSSR count). The second kappa shape index (κ2) is 8.13. The molecule has 32 heavy (non-hydrogen) atoms. The number of rotatable bonds is 4. The summed E-state index contributed by atoms with van der Waals surface area (Å²) in [4.78, 5) is 13.2. The van der Waals surface area contributed by atoms with Crippen LogP contribution in [-0.4, -0.2) is 36.4 Å². The van der Waals surface area contributed by atoms with Gasteiger partial charge in [-0.05, 0) is 6.92 Å². The molecule has 5 aromatic rings. The van der Waals surface area contributed by atoms with E-state index in [1.807, 2.05) is 62.4 Å². The molecule has 2 aromatic carbocycles. The summed E-state index contributed by atoms with van der Waals surface area (Å²) in [6.07, 6.45) is 3.32. The van der Waals surface area contributed by atoms with Crippen molar-refractivity contribution in [1.82, 2.24) is 19.5 Å². The average molecular weight is 481 g/mol. The van der Waals surface area contributed by atoms with Gasteiger partial charge < -0.3 is 0 Å². The molecule has 0 unspecified atom stereocenters.